The van der Waals surface area contributed by atoms with Gasteiger partial charge in [0.15, 0.2) is 5.96 Å². The molecular weight excluding hydrogens is 433 g/mol. The minimum Gasteiger partial charge on any atom is -0.444 e. The van der Waals surface area contributed by atoms with Crippen LogP contribution in [-0.4, -0.2) is 59.8 Å². The lowest BCUT2D eigenvalue weighted by atomic mass is 10.1. The number of oxazole rings is 1. The molecule has 2 rings (SSSR count). The molecule has 0 aromatic carbocycles. The Labute approximate surface area is 167 Å². The number of hydrogen-bond acceptors (Lipinski definition) is 5. The molecule has 2 heterocycles. The predicted octanol–water partition coefficient (Wildman–Crippen LogP) is 1.81. The average Bonchev–Trinajstić information content (AvgIpc) is 2.89. The first-order valence-corrected chi connectivity index (χ1v) is 8.94. The summed E-state index contributed by atoms with van der Waals surface area (Å²) >= 11 is 0. The summed E-state index contributed by atoms with van der Waals surface area (Å²) in [7, 11) is 0. The summed E-state index contributed by atoms with van der Waals surface area (Å²) in [6.07, 6.45) is 2.74. The fourth-order valence-corrected chi connectivity index (χ4v) is 2.75. The number of aryl methyl sites for hydroxylation is 2. The second-order valence-electron chi connectivity index (χ2n) is 6.30. The third-order valence-corrected chi connectivity index (χ3v) is 4.29. The average molecular weight is 465 g/mol. The van der Waals surface area contributed by atoms with Crippen molar-refractivity contribution < 1.29 is 9.52 Å². The van der Waals surface area contributed by atoms with E-state index in [4.69, 9.17) is 4.42 Å². The van der Waals surface area contributed by atoms with Crippen LogP contribution in [0.3, 0.4) is 0 Å². The van der Waals surface area contributed by atoms with E-state index in [1.807, 2.05) is 13.8 Å². The zero-order chi connectivity index (χ0) is 17.4. The third-order valence-electron chi connectivity index (χ3n) is 4.29. The number of rotatable bonds is 7. The molecule has 1 saturated heterocycles. The van der Waals surface area contributed by atoms with E-state index in [-0.39, 0.29) is 30.1 Å². The van der Waals surface area contributed by atoms with Gasteiger partial charge in [0.1, 0.15) is 12.3 Å². The number of piperidine rings is 1. The largest absolute Gasteiger partial charge is 0.444 e. The number of likely N-dealkylation sites (tertiary alicyclic amines) is 1. The van der Waals surface area contributed by atoms with Crippen LogP contribution in [0.4, 0.5) is 0 Å². The number of nitrogens with zero attached hydrogens (tertiary/aromatic N) is 3. The first-order chi connectivity index (χ1) is 11.6. The van der Waals surface area contributed by atoms with Crippen molar-refractivity contribution in [2.75, 3.05) is 32.7 Å². The number of halogens is 1. The predicted molar refractivity (Wildman–Crippen MR) is 111 cm³/mol. The lowest BCUT2D eigenvalue weighted by molar-refractivity contribution is 0.0823. The summed E-state index contributed by atoms with van der Waals surface area (Å²) in [4.78, 5) is 11.3. The Bertz CT molecular complexity index is 508. The molecule has 1 fully saturated rings. The molecule has 0 spiro atoms. The Balaban J connectivity index is 0.00000312. The van der Waals surface area contributed by atoms with Crippen molar-refractivity contribution in [1.29, 1.82) is 0 Å². The van der Waals surface area contributed by atoms with E-state index in [0.29, 0.717) is 12.4 Å². The maximum absolute atomic E-state index is 9.53. The van der Waals surface area contributed by atoms with Gasteiger partial charge < -0.3 is 25.1 Å². The Morgan fingerprint density at radius 3 is 2.64 bits per heavy atom. The first kappa shape index (κ1) is 22.2. The molecule has 0 amide bonds. The molecule has 0 saturated carbocycles. The molecule has 7 nitrogen and oxygen atoms in total. The molecule has 1 aliphatic heterocycles. The highest BCUT2D eigenvalue weighted by Crippen LogP contribution is 2.10. The van der Waals surface area contributed by atoms with Gasteiger partial charge in [-0.05, 0) is 46.6 Å². The quantitative estimate of drug-likeness (QED) is 0.247. The van der Waals surface area contributed by atoms with Crippen LogP contribution < -0.4 is 10.6 Å². The van der Waals surface area contributed by atoms with E-state index in [1.54, 1.807) is 0 Å². The Kier molecular flexibility index (Phi) is 10.4. The van der Waals surface area contributed by atoms with Gasteiger partial charge in [-0.1, -0.05) is 0 Å². The van der Waals surface area contributed by atoms with Gasteiger partial charge in [-0.3, -0.25) is 0 Å². The highest BCUT2D eigenvalue weighted by molar-refractivity contribution is 14.0. The fraction of sp³-hybridized carbons (Fsp3) is 0.765. The molecule has 0 aliphatic carbocycles. The highest BCUT2D eigenvalue weighted by Gasteiger charge is 2.16. The van der Waals surface area contributed by atoms with Crippen LogP contribution in [0, 0.1) is 13.8 Å². The van der Waals surface area contributed by atoms with Crippen LogP contribution in [0.5, 0.6) is 0 Å². The molecule has 0 radical (unpaired) electrons. The second-order valence-corrected chi connectivity index (χ2v) is 6.30. The molecule has 1 aromatic rings. The van der Waals surface area contributed by atoms with Crippen LogP contribution in [0.2, 0.25) is 0 Å². The van der Waals surface area contributed by atoms with Gasteiger partial charge >= 0.3 is 0 Å². The van der Waals surface area contributed by atoms with Crippen molar-refractivity contribution in [2.24, 2.45) is 4.99 Å². The molecule has 8 heteroatoms. The van der Waals surface area contributed by atoms with Crippen LogP contribution in [0.25, 0.3) is 0 Å². The van der Waals surface area contributed by atoms with Crippen molar-refractivity contribution in [3.05, 3.63) is 17.3 Å². The lowest BCUT2D eigenvalue weighted by Gasteiger charge is -2.29. The third kappa shape index (κ3) is 7.91. The van der Waals surface area contributed by atoms with Gasteiger partial charge in [-0.2, -0.15) is 0 Å². The minimum atomic E-state index is -0.102. The number of guanidine groups is 1. The van der Waals surface area contributed by atoms with Gasteiger partial charge in [-0.15, -0.1) is 24.0 Å². The van der Waals surface area contributed by atoms with Crippen LogP contribution in [0.15, 0.2) is 9.41 Å². The zero-order valence-corrected chi connectivity index (χ0v) is 17.9. The molecule has 0 bridgehead atoms. The van der Waals surface area contributed by atoms with Gasteiger partial charge in [0.05, 0.1) is 11.8 Å². The van der Waals surface area contributed by atoms with E-state index in [0.717, 1.165) is 69.4 Å². The fourth-order valence-electron chi connectivity index (χ4n) is 2.75. The molecule has 1 aromatic heterocycles. The SMILES string of the molecule is CCNC(=NCc1nc(C)c(C)o1)NCCCN1CCC(O)CC1.I. The lowest BCUT2D eigenvalue weighted by Crippen LogP contribution is -2.40. The van der Waals surface area contributed by atoms with Gasteiger partial charge in [0, 0.05) is 26.2 Å². The number of aliphatic hydroxyl groups excluding tert-OH is 1. The Morgan fingerprint density at radius 1 is 1.32 bits per heavy atom. The number of aliphatic hydroxyl groups is 1. The van der Waals surface area contributed by atoms with Crippen molar-refractivity contribution in [3.8, 4) is 0 Å². The summed E-state index contributed by atoms with van der Waals surface area (Å²) in [5.41, 5.74) is 0.921. The van der Waals surface area contributed by atoms with Gasteiger partial charge in [0.25, 0.3) is 0 Å². The van der Waals surface area contributed by atoms with E-state index in [1.165, 1.54) is 0 Å². The summed E-state index contributed by atoms with van der Waals surface area (Å²) in [6, 6.07) is 0. The van der Waals surface area contributed by atoms with Crippen molar-refractivity contribution in [1.82, 2.24) is 20.5 Å². The van der Waals surface area contributed by atoms with Gasteiger partial charge in [0.2, 0.25) is 5.89 Å². The first-order valence-electron chi connectivity index (χ1n) is 8.94. The number of aliphatic imine (C=N–C) groups is 1. The normalized spacial score (nSPS) is 16.6. The topological polar surface area (TPSA) is 85.9 Å². The highest BCUT2D eigenvalue weighted by atomic mass is 127. The number of hydrogen-bond donors (Lipinski definition) is 3. The van der Waals surface area contributed by atoms with Crippen molar-refractivity contribution in [2.45, 2.75) is 52.7 Å². The van der Waals surface area contributed by atoms with Crippen LogP contribution in [0.1, 0.15) is 43.5 Å². The summed E-state index contributed by atoms with van der Waals surface area (Å²) in [6.45, 7) is 11.1. The number of nitrogens with one attached hydrogen (secondary N) is 2. The molecular formula is C17H32IN5O2. The Hall–Kier alpha value is -0.870. The smallest absolute Gasteiger partial charge is 0.216 e. The maximum Gasteiger partial charge on any atom is 0.216 e. The van der Waals surface area contributed by atoms with Gasteiger partial charge in [-0.25, -0.2) is 9.98 Å². The minimum absolute atomic E-state index is 0. The van der Waals surface area contributed by atoms with Crippen molar-refractivity contribution >= 4 is 29.9 Å². The zero-order valence-electron chi connectivity index (χ0n) is 15.5. The van der Waals surface area contributed by atoms with E-state index in [2.05, 4.69) is 32.4 Å². The Morgan fingerprint density at radius 2 is 2.04 bits per heavy atom. The summed E-state index contributed by atoms with van der Waals surface area (Å²) in [5, 5.41) is 16.1. The van der Waals surface area contributed by atoms with Crippen LogP contribution in [-0.2, 0) is 6.54 Å². The summed E-state index contributed by atoms with van der Waals surface area (Å²) in [5.74, 6) is 2.29. The van der Waals surface area contributed by atoms with E-state index < -0.39 is 0 Å². The molecule has 0 atom stereocenters. The molecule has 0 unspecified atom stereocenters. The molecule has 3 N–H and O–H groups in total. The van der Waals surface area contributed by atoms with E-state index >= 15 is 0 Å². The molecule has 1 aliphatic rings. The van der Waals surface area contributed by atoms with Crippen LogP contribution >= 0.6 is 24.0 Å². The molecule has 144 valence electrons. The monoisotopic (exact) mass is 465 g/mol. The van der Waals surface area contributed by atoms with Crippen molar-refractivity contribution in [3.63, 3.8) is 0 Å². The standard InChI is InChI=1S/C17H31N5O2.HI/c1-4-18-17(20-12-16-21-13(2)14(3)24-16)19-8-5-9-22-10-6-15(23)7-11-22;/h15,23H,4-12H2,1-3H3,(H2,18,19,20);1H. The van der Waals surface area contributed by atoms with E-state index in [9.17, 15) is 5.11 Å². The maximum atomic E-state index is 9.53. The summed E-state index contributed by atoms with van der Waals surface area (Å²) < 4.78 is 5.56. The number of aromatic nitrogens is 1. The second kappa shape index (κ2) is 11.7. The molecule has 25 heavy (non-hydrogen) atoms.